The summed E-state index contributed by atoms with van der Waals surface area (Å²) in [4.78, 5) is 3.86. The molecule has 0 aliphatic heterocycles. The summed E-state index contributed by atoms with van der Waals surface area (Å²) in [5, 5.41) is 2.35. The van der Waals surface area contributed by atoms with Crippen molar-refractivity contribution in [3.63, 3.8) is 0 Å². The second-order valence-electron chi connectivity index (χ2n) is 2.00. The minimum atomic E-state index is 0.641. The fraction of sp³-hybridized carbons (Fsp3) is 0.125. The molecule has 0 heterocycles. The van der Waals surface area contributed by atoms with Gasteiger partial charge in [0.15, 0.2) is 0 Å². The zero-order valence-electron chi connectivity index (χ0n) is 5.75. The molecule has 0 aliphatic carbocycles. The van der Waals surface area contributed by atoms with Crippen molar-refractivity contribution in [1.29, 1.82) is 0 Å². The van der Waals surface area contributed by atoms with Crippen LogP contribution in [0.15, 0.2) is 29.3 Å². The molecular formula is C8H6INS. The molecule has 0 radical (unpaired) electrons. The average Bonchev–Trinajstić information content (AvgIpc) is 2.03. The number of hydrogen-bond donors (Lipinski definition) is 0. The second kappa shape index (κ2) is 4.59. The van der Waals surface area contributed by atoms with Crippen molar-refractivity contribution < 1.29 is 0 Å². The Morgan fingerprint density at radius 2 is 2.18 bits per heavy atom. The van der Waals surface area contributed by atoms with Crippen LogP contribution in [0.4, 0.5) is 0 Å². The monoisotopic (exact) mass is 275 g/mol. The van der Waals surface area contributed by atoms with E-state index in [1.165, 1.54) is 9.13 Å². The van der Waals surface area contributed by atoms with Crippen molar-refractivity contribution in [2.45, 2.75) is 6.54 Å². The summed E-state index contributed by atoms with van der Waals surface area (Å²) >= 11 is 6.75. The Hall–Kier alpha value is -0.250. The molecule has 11 heavy (non-hydrogen) atoms. The maximum Gasteiger partial charge on any atom is 0.0753 e. The van der Waals surface area contributed by atoms with E-state index in [1.807, 2.05) is 18.2 Å². The zero-order valence-corrected chi connectivity index (χ0v) is 8.72. The van der Waals surface area contributed by atoms with Crippen LogP contribution in [0.5, 0.6) is 0 Å². The Bertz CT molecular complexity index is 292. The van der Waals surface area contributed by atoms with E-state index in [4.69, 9.17) is 0 Å². The Morgan fingerprint density at radius 1 is 1.45 bits per heavy atom. The number of nitrogens with zero attached hydrogens (tertiary/aromatic N) is 1. The molecule has 1 aromatic rings. The molecule has 0 amide bonds. The van der Waals surface area contributed by atoms with Gasteiger partial charge in [0.05, 0.1) is 11.7 Å². The molecule has 1 nitrogen and oxygen atoms in total. The number of isothiocyanates is 1. The van der Waals surface area contributed by atoms with Gasteiger partial charge in [-0.3, -0.25) is 0 Å². The van der Waals surface area contributed by atoms with Gasteiger partial charge < -0.3 is 0 Å². The maximum absolute atomic E-state index is 4.48. The highest BCUT2D eigenvalue weighted by molar-refractivity contribution is 14.1. The fourth-order valence-electron chi connectivity index (χ4n) is 0.744. The van der Waals surface area contributed by atoms with Crippen LogP contribution in [0.2, 0.25) is 0 Å². The lowest BCUT2D eigenvalue weighted by Gasteiger charge is -1.96. The van der Waals surface area contributed by atoms with Crippen molar-refractivity contribution in [2.24, 2.45) is 4.99 Å². The summed E-state index contributed by atoms with van der Waals surface area (Å²) in [6, 6.07) is 8.09. The van der Waals surface area contributed by atoms with Gasteiger partial charge in [-0.2, -0.15) is 0 Å². The molecule has 0 bridgehead atoms. The second-order valence-corrected chi connectivity index (χ2v) is 3.34. The van der Waals surface area contributed by atoms with E-state index in [0.29, 0.717) is 6.54 Å². The van der Waals surface area contributed by atoms with Crippen LogP contribution < -0.4 is 0 Å². The van der Waals surface area contributed by atoms with Crippen LogP contribution >= 0.6 is 34.8 Å². The van der Waals surface area contributed by atoms with E-state index < -0.39 is 0 Å². The first-order chi connectivity index (χ1) is 5.34. The van der Waals surface area contributed by atoms with Crippen LogP contribution in [0.1, 0.15) is 5.56 Å². The molecule has 0 N–H and O–H groups in total. The van der Waals surface area contributed by atoms with Gasteiger partial charge in [-0.25, -0.2) is 4.99 Å². The number of halogens is 1. The van der Waals surface area contributed by atoms with E-state index in [2.05, 4.69) is 51.0 Å². The standard InChI is InChI=1S/C8H6INS/c9-8-4-2-1-3-7(8)5-10-6-11/h1-4H,5H2. The van der Waals surface area contributed by atoms with Crippen molar-refractivity contribution in [3.05, 3.63) is 33.4 Å². The molecule has 56 valence electrons. The van der Waals surface area contributed by atoms with Crippen molar-refractivity contribution >= 4 is 40.0 Å². The van der Waals surface area contributed by atoms with Crippen LogP contribution in [0, 0.1) is 3.57 Å². The number of rotatable bonds is 2. The van der Waals surface area contributed by atoms with E-state index in [0.717, 1.165) is 0 Å². The first-order valence-electron chi connectivity index (χ1n) is 3.11. The minimum absolute atomic E-state index is 0.641. The quantitative estimate of drug-likeness (QED) is 0.459. The van der Waals surface area contributed by atoms with Crippen LogP contribution in [0.25, 0.3) is 0 Å². The van der Waals surface area contributed by atoms with E-state index in [1.54, 1.807) is 0 Å². The molecule has 0 atom stereocenters. The summed E-state index contributed by atoms with van der Waals surface area (Å²) in [6.07, 6.45) is 0. The number of aliphatic imine (C=N–C) groups is 1. The molecular weight excluding hydrogens is 269 g/mol. The molecule has 1 rings (SSSR count). The molecule has 0 aliphatic rings. The third-order valence-electron chi connectivity index (χ3n) is 1.27. The van der Waals surface area contributed by atoms with Crippen molar-refractivity contribution in [1.82, 2.24) is 0 Å². The minimum Gasteiger partial charge on any atom is -0.228 e. The molecule has 0 saturated heterocycles. The molecule has 0 unspecified atom stereocenters. The Balaban J connectivity index is 2.85. The summed E-state index contributed by atoms with van der Waals surface area (Å²) in [5.74, 6) is 0. The van der Waals surface area contributed by atoms with Crippen molar-refractivity contribution in [2.75, 3.05) is 0 Å². The predicted octanol–water partition coefficient (Wildman–Crippen LogP) is 2.89. The Labute approximate surface area is 84.7 Å². The van der Waals surface area contributed by atoms with Gasteiger partial charge >= 0.3 is 0 Å². The Kier molecular flexibility index (Phi) is 3.69. The zero-order chi connectivity index (χ0) is 8.10. The highest BCUT2D eigenvalue weighted by Crippen LogP contribution is 2.11. The van der Waals surface area contributed by atoms with Gasteiger partial charge in [-0.1, -0.05) is 18.2 Å². The SMILES string of the molecule is S=C=NCc1ccccc1I. The number of benzene rings is 1. The summed E-state index contributed by atoms with van der Waals surface area (Å²) in [7, 11) is 0. The smallest absolute Gasteiger partial charge is 0.0753 e. The first kappa shape index (κ1) is 8.84. The first-order valence-corrected chi connectivity index (χ1v) is 4.60. The van der Waals surface area contributed by atoms with Crippen LogP contribution in [0.3, 0.4) is 0 Å². The van der Waals surface area contributed by atoms with Crippen LogP contribution in [-0.4, -0.2) is 5.16 Å². The van der Waals surface area contributed by atoms with Gasteiger partial charge in [0, 0.05) is 3.57 Å². The van der Waals surface area contributed by atoms with E-state index >= 15 is 0 Å². The fourth-order valence-corrected chi connectivity index (χ4v) is 1.37. The molecule has 0 fully saturated rings. The lowest BCUT2D eigenvalue weighted by molar-refractivity contribution is 1.07. The van der Waals surface area contributed by atoms with E-state index in [9.17, 15) is 0 Å². The summed E-state index contributed by atoms with van der Waals surface area (Å²) in [6.45, 7) is 0.641. The van der Waals surface area contributed by atoms with Gasteiger partial charge in [-0.05, 0) is 46.4 Å². The van der Waals surface area contributed by atoms with Gasteiger partial charge in [0.1, 0.15) is 0 Å². The number of thiocarbonyl (C=S) groups is 1. The molecule has 0 aromatic heterocycles. The lowest BCUT2D eigenvalue weighted by atomic mass is 10.2. The average molecular weight is 275 g/mol. The third-order valence-corrected chi connectivity index (χ3v) is 2.45. The van der Waals surface area contributed by atoms with Gasteiger partial charge in [-0.15, -0.1) is 0 Å². The maximum atomic E-state index is 4.48. The highest BCUT2D eigenvalue weighted by Gasteiger charge is 1.94. The molecule has 0 saturated carbocycles. The third kappa shape index (κ3) is 2.69. The lowest BCUT2D eigenvalue weighted by Crippen LogP contribution is -1.84. The van der Waals surface area contributed by atoms with Crippen molar-refractivity contribution in [3.8, 4) is 0 Å². The normalized spacial score (nSPS) is 8.82. The molecule has 0 spiro atoms. The topological polar surface area (TPSA) is 12.4 Å². The largest absolute Gasteiger partial charge is 0.228 e. The van der Waals surface area contributed by atoms with E-state index in [-0.39, 0.29) is 0 Å². The van der Waals surface area contributed by atoms with Crippen LogP contribution in [-0.2, 0) is 6.54 Å². The predicted molar refractivity (Wildman–Crippen MR) is 57.9 cm³/mol. The Morgan fingerprint density at radius 3 is 2.82 bits per heavy atom. The van der Waals surface area contributed by atoms with Gasteiger partial charge in [0.2, 0.25) is 0 Å². The summed E-state index contributed by atoms with van der Waals surface area (Å²) < 4.78 is 1.22. The summed E-state index contributed by atoms with van der Waals surface area (Å²) in [5.41, 5.74) is 1.20. The molecule has 1 aromatic carbocycles. The highest BCUT2D eigenvalue weighted by atomic mass is 127. The molecule has 3 heteroatoms. The number of hydrogen-bond acceptors (Lipinski definition) is 2. The van der Waals surface area contributed by atoms with Gasteiger partial charge in [0.25, 0.3) is 0 Å².